The monoisotopic (exact) mass is 340 g/mol. The van der Waals surface area contributed by atoms with E-state index >= 15 is 0 Å². The lowest BCUT2D eigenvalue weighted by atomic mass is 9.84. The molecule has 1 saturated heterocycles. The minimum atomic E-state index is 0. The summed E-state index contributed by atoms with van der Waals surface area (Å²) in [4.78, 5) is 12.2. The normalized spacial score (nSPS) is 18.7. The van der Waals surface area contributed by atoms with Gasteiger partial charge in [-0.05, 0) is 49.9 Å². The topological polar surface area (TPSA) is 59.6 Å². The lowest BCUT2D eigenvalue weighted by Gasteiger charge is -2.28. The van der Waals surface area contributed by atoms with Crippen molar-refractivity contribution in [1.82, 2.24) is 5.32 Å². The number of piperidine rings is 1. The molecule has 1 fully saturated rings. The number of ether oxygens (including phenoxy) is 2. The van der Waals surface area contributed by atoms with E-state index < -0.39 is 0 Å². The molecule has 0 radical (unpaired) electrons. The molecule has 0 saturated carbocycles. The van der Waals surface area contributed by atoms with Crippen LogP contribution in [0.4, 0.5) is 5.69 Å². The molecule has 0 aliphatic carbocycles. The first-order chi connectivity index (χ1) is 10.7. The Bertz CT molecular complexity index is 533. The highest BCUT2D eigenvalue weighted by molar-refractivity contribution is 5.91. The second kappa shape index (κ2) is 8.41. The van der Waals surface area contributed by atoms with Gasteiger partial charge in [-0.3, -0.25) is 4.79 Å². The fraction of sp³-hybridized carbons (Fsp3) is 0.588. The Morgan fingerprint density at radius 3 is 2.70 bits per heavy atom. The number of hydrogen-bond donors (Lipinski definition) is 2. The summed E-state index contributed by atoms with van der Waals surface area (Å²) in [5.41, 5.74) is 0.770. The summed E-state index contributed by atoms with van der Waals surface area (Å²) < 4.78 is 11.0. The molecule has 1 atom stereocenters. The van der Waals surface area contributed by atoms with Gasteiger partial charge >= 0.3 is 0 Å². The van der Waals surface area contributed by atoms with Crippen LogP contribution < -0.4 is 20.1 Å². The van der Waals surface area contributed by atoms with Crippen LogP contribution in [0.3, 0.4) is 0 Å². The zero-order valence-electron chi connectivity index (χ0n) is 13.5. The minimum absolute atomic E-state index is 0. The number of carbonyl (C=O) groups excluding carboxylic acids is 1. The van der Waals surface area contributed by atoms with Gasteiger partial charge in [-0.25, -0.2) is 0 Å². The third-order valence-electron chi connectivity index (χ3n) is 4.52. The Morgan fingerprint density at radius 2 is 1.96 bits per heavy atom. The van der Waals surface area contributed by atoms with Crippen LogP contribution in [0.5, 0.6) is 11.5 Å². The number of carbonyl (C=O) groups is 1. The summed E-state index contributed by atoms with van der Waals surface area (Å²) >= 11 is 0. The highest BCUT2D eigenvalue weighted by atomic mass is 35.5. The van der Waals surface area contributed by atoms with Crippen molar-refractivity contribution in [3.8, 4) is 11.5 Å². The minimum Gasteiger partial charge on any atom is -0.486 e. The summed E-state index contributed by atoms with van der Waals surface area (Å²) in [5.74, 6) is 2.58. The van der Waals surface area contributed by atoms with Crippen molar-refractivity contribution in [3.05, 3.63) is 18.2 Å². The first-order valence-corrected chi connectivity index (χ1v) is 8.12. The Labute approximate surface area is 143 Å². The molecule has 23 heavy (non-hydrogen) atoms. The maximum Gasteiger partial charge on any atom is 0.224 e. The van der Waals surface area contributed by atoms with Crippen LogP contribution in [-0.4, -0.2) is 32.2 Å². The molecule has 5 nitrogen and oxygen atoms in total. The standard InChI is InChI=1S/C17H24N2O3.ClH/c1-12(13-4-6-18-7-5-13)10-17(20)19-14-2-3-15-16(11-14)22-9-8-21-15;/h2-3,11-13,18H,4-10H2,1H3,(H,19,20);1H. The lowest BCUT2D eigenvalue weighted by Crippen LogP contribution is -2.32. The first kappa shape index (κ1) is 17.9. The molecular formula is C17H25ClN2O3. The summed E-state index contributed by atoms with van der Waals surface area (Å²) in [6.07, 6.45) is 2.90. The van der Waals surface area contributed by atoms with Crippen molar-refractivity contribution in [1.29, 1.82) is 0 Å². The largest absolute Gasteiger partial charge is 0.486 e. The molecule has 0 spiro atoms. The zero-order chi connectivity index (χ0) is 15.4. The molecule has 2 N–H and O–H groups in total. The van der Waals surface area contributed by atoms with E-state index in [-0.39, 0.29) is 18.3 Å². The molecule has 0 aromatic heterocycles. The van der Waals surface area contributed by atoms with Crippen molar-refractivity contribution in [2.45, 2.75) is 26.2 Å². The third kappa shape index (κ3) is 4.75. The Kier molecular flexibility index (Phi) is 6.54. The van der Waals surface area contributed by atoms with Gasteiger partial charge in [-0.1, -0.05) is 6.92 Å². The van der Waals surface area contributed by atoms with Crippen molar-refractivity contribution < 1.29 is 14.3 Å². The molecule has 1 aromatic rings. The van der Waals surface area contributed by atoms with Gasteiger partial charge in [0.15, 0.2) is 11.5 Å². The highest BCUT2D eigenvalue weighted by Crippen LogP contribution is 2.33. The van der Waals surface area contributed by atoms with Crippen molar-refractivity contribution in [2.24, 2.45) is 11.8 Å². The maximum atomic E-state index is 12.2. The van der Waals surface area contributed by atoms with E-state index in [1.807, 2.05) is 18.2 Å². The van der Waals surface area contributed by atoms with Crippen LogP contribution in [0.25, 0.3) is 0 Å². The number of rotatable bonds is 4. The predicted molar refractivity (Wildman–Crippen MR) is 92.7 cm³/mol. The van der Waals surface area contributed by atoms with Crippen molar-refractivity contribution in [3.63, 3.8) is 0 Å². The lowest BCUT2D eigenvalue weighted by molar-refractivity contribution is -0.117. The third-order valence-corrected chi connectivity index (χ3v) is 4.52. The highest BCUT2D eigenvalue weighted by Gasteiger charge is 2.22. The molecule has 0 bridgehead atoms. The van der Waals surface area contributed by atoms with Crippen molar-refractivity contribution in [2.75, 3.05) is 31.6 Å². The van der Waals surface area contributed by atoms with E-state index in [1.54, 1.807) is 0 Å². The van der Waals surface area contributed by atoms with Gasteiger partial charge in [0.25, 0.3) is 0 Å². The van der Waals surface area contributed by atoms with Crippen LogP contribution in [0.2, 0.25) is 0 Å². The van der Waals surface area contributed by atoms with Crippen LogP contribution in [-0.2, 0) is 4.79 Å². The quantitative estimate of drug-likeness (QED) is 0.884. The second-order valence-electron chi connectivity index (χ2n) is 6.18. The molecular weight excluding hydrogens is 316 g/mol. The van der Waals surface area contributed by atoms with E-state index in [4.69, 9.17) is 9.47 Å². The molecule has 128 valence electrons. The number of anilines is 1. The second-order valence-corrected chi connectivity index (χ2v) is 6.18. The SMILES string of the molecule is CC(CC(=O)Nc1ccc2c(c1)OCCO2)C1CCNCC1.Cl. The number of halogens is 1. The fourth-order valence-corrected chi connectivity index (χ4v) is 3.21. The smallest absolute Gasteiger partial charge is 0.224 e. The van der Waals surface area contributed by atoms with Crippen LogP contribution in [0.15, 0.2) is 18.2 Å². The summed E-state index contributed by atoms with van der Waals surface area (Å²) in [7, 11) is 0. The number of amides is 1. The van der Waals surface area contributed by atoms with Gasteiger partial charge < -0.3 is 20.1 Å². The Balaban J connectivity index is 0.00000192. The van der Waals surface area contributed by atoms with Gasteiger partial charge in [0, 0.05) is 18.2 Å². The Morgan fingerprint density at radius 1 is 1.26 bits per heavy atom. The van der Waals surface area contributed by atoms with Crippen LogP contribution >= 0.6 is 12.4 Å². The van der Waals surface area contributed by atoms with Gasteiger partial charge in [-0.15, -0.1) is 12.4 Å². The number of fused-ring (bicyclic) bond motifs is 1. The summed E-state index contributed by atoms with van der Waals surface area (Å²) in [6.45, 7) is 5.45. The number of benzene rings is 1. The van der Waals surface area contributed by atoms with Crippen LogP contribution in [0.1, 0.15) is 26.2 Å². The van der Waals surface area contributed by atoms with E-state index in [0.29, 0.717) is 37.2 Å². The average molecular weight is 341 g/mol. The average Bonchev–Trinajstić information content (AvgIpc) is 2.55. The first-order valence-electron chi connectivity index (χ1n) is 8.12. The van der Waals surface area contributed by atoms with E-state index in [0.717, 1.165) is 24.5 Å². The summed E-state index contributed by atoms with van der Waals surface area (Å²) in [5, 5.41) is 6.34. The van der Waals surface area contributed by atoms with Gasteiger partial charge in [0.2, 0.25) is 5.91 Å². The fourth-order valence-electron chi connectivity index (χ4n) is 3.21. The molecule has 6 heteroatoms. The van der Waals surface area contributed by atoms with E-state index in [2.05, 4.69) is 17.6 Å². The molecule has 2 aliphatic heterocycles. The van der Waals surface area contributed by atoms with Gasteiger partial charge in [0.1, 0.15) is 13.2 Å². The number of hydrogen-bond acceptors (Lipinski definition) is 4. The maximum absolute atomic E-state index is 12.2. The number of nitrogens with one attached hydrogen (secondary N) is 2. The molecule has 1 aromatic carbocycles. The molecule has 1 amide bonds. The molecule has 1 unspecified atom stereocenters. The predicted octanol–water partition coefficient (Wildman–Crippen LogP) is 2.84. The Hall–Kier alpha value is -1.46. The van der Waals surface area contributed by atoms with Crippen molar-refractivity contribution >= 4 is 24.0 Å². The molecule has 2 heterocycles. The molecule has 2 aliphatic rings. The van der Waals surface area contributed by atoms with Gasteiger partial charge in [0.05, 0.1) is 0 Å². The molecule has 3 rings (SSSR count). The van der Waals surface area contributed by atoms with E-state index in [1.165, 1.54) is 12.8 Å². The van der Waals surface area contributed by atoms with Crippen LogP contribution in [0, 0.1) is 11.8 Å². The summed E-state index contributed by atoms with van der Waals surface area (Å²) in [6, 6.07) is 5.54. The van der Waals surface area contributed by atoms with Gasteiger partial charge in [-0.2, -0.15) is 0 Å². The zero-order valence-corrected chi connectivity index (χ0v) is 14.3. The van der Waals surface area contributed by atoms with E-state index in [9.17, 15) is 4.79 Å².